The number of carbonyl (C=O) groups is 1. The molecule has 32 heavy (non-hydrogen) atoms. The second kappa shape index (κ2) is 10.0. The summed E-state index contributed by atoms with van der Waals surface area (Å²) < 4.78 is 5.69. The Morgan fingerprint density at radius 3 is 2.69 bits per heavy atom. The lowest BCUT2D eigenvalue weighted by atomic mass is 9.81. The van der Waals surface area contributed by atoms with Gasteiger partial charge in [-0.1, -0.05) is 23.4 Å². The zero-order valence-electron chi connectivity index (χ0n) is 18.8. The first-order valence-electron chi connectivity index (χ1n) is 12.2. The zero-order valence-corrected chi connectivity index (χ0v) is 18.8. The minimum atomic E-state index is 0.222. The van der Waals surface area contributed by atoms with Crippen LogP contribution in [0, 0.1) is 11.8 Å². The van der Waals surface area contributed by atoms with Gasteiger partial charge in [-0.15, -0.1) is 0 Å². The lowest BCUT2D eigenvalue weighted by molar-refractivity contribution is -0.122. The normalized spacial score (nSPS) is 24.4. The second-order valence-corrected chi connectivity index (χ2v) is 9.65. The Labute approximate surface area is 190 Å². The number of hydrogen-bond acceptors (Lipinski definition) is 6. The molecule has 2 N–H and O–H groups in total. The van der Waals surface area contributed by atoms with Crippen molar-refractivity contribution < 1.29 is 9.32 Å². The lowest BCUT2D eigenvalue weighted by Gasteiger charge is -2.35. The molecule has 7 nitrogen and oxygen atoms in total. The van der Waals surface area contributed by atoms with Crippen molar-refractivity contribution in [2.24, 2.45) is 11.8 Å². The Kier molecular flexibility index (Phi) is 6.74. The Bertz CT molecular complexity index is 873. The van der Waals surface area contributed by atoms with Gasteiger partial charge in [0.1, 0.15) is 0 Å². The number of amides is 1. The average Bonchev–Trinajstić information content (AvgIpc) is 3.53. The number of carbonyl (C=O) groups excluding carboxylic acids is 1. The number of piperazine rings is 1. The van der Waals surface area contributed by atoms with E-state index >= 15 is 0 Å². The molecule has 2 saturated heterocycles. The molecule has 3 fully saturated rings. The van der Waals surface area contributed by atoms with Crippen LogP contribution in [-0.2, 0) is 17.8 Å². The predicted octanol–water partition coefficient (Wildman–Crippen LogP) is 2.43. The van der Waals surface area contributed by atoms with Crippen molar-refractivity contribution in [3.8, 4) is 0 Å². The summed E-state index contributed by atoms with van der Waals surface area (Å²) in [7, 11) is 0. The maximum atomic E-state index is 12.3. The highest BCUT2D eigenvalue weighted by molar-refractivity contribution is 5.76. The molecule has 0 unspecified atom stereocenters. The van der Waals surface area contributed by atoms with Crippen LogP contribution in [0.5, 0.6) is 0 Å². The lowest BCUT2D eigenvalue weighted by Crippen LogP contribution is -2.45. The maximum absolute atomic E-state index is 12.3. The summed E-state index contributed by atoms with van der Waals surface area (Å²) in [6.45, 7) is 6.87. The van der Waals surface area contributed by atoms with Crippen LogP contribution in [0.2, 0.25) is 0 Å². The molecular weight excluding hydrogens is 402 g/mol. The smallest absolute Gasteiger partial charge is 0.220 e. The number of nitrogens with zero attached hydrogens (tertiary/aromatic N) is 3. The van der Waals surface area contributed by atoms with E-state index in [-0.39, 0.29) is 5.91 Å². The summed E-state index contributed by atoms with van der Waals surface area (Å²) in [5.41, 5.74) is 2.32. The van der Waals surface area contributed by atoms with Crippen LogP contribution in [0.25, 0.3) is 0 Å². The fourth-order valence-electron chi connectivity index (χ4n) is 5.06. The van der Waals surface area contributed by atoms with Gasteiger partial charge >= 0.3 is 0 Å². The molecule has 2 aromatic rings. The van der Waals surface area contributed by atoms with E-state index in [2.05, 4.69) is 62.0 Å². The van der Waals surface area contributed by atoms with Gasteiger partial charge in [0, 0.05) is 50.4 Å². The van der Waals surface area contributed by atoms with Crippen molar-refractivity contribution in [1.82, 2.24) is 20.7 Å². The predicted molar refractivity (Wildman–Crippen MR) is 124 cm³/mol. The Hall–Kier alpha value is -2.38. The van der Waals surface area contributed by atoms with Gasteiger partial charge in [-0.3, -0.25) is 9.69 Å². The first-order valence-corrected chi connectivity index (χ1v) is 12.2. The quantitative estimate of drug-likeness (QED) is 0.661. The Morgan fingerprint density at radius 2 is 1.91 bits per heavy atom. The van der Waals surface area contributed by atoms with Crippen LogP contribution in [0.1, 0.15) is 37.1 Å². The molecule has 2 atom stereocenters. The SMILES string of the molecule is O=C(C[C@@H]1CCNC[C@H]1Cc1cc(CN2CCN(c3ccccc3)CC2)on1)NC1CC1. The number of anilines is 1. The van der Waals surface area contributed by atoms with Crippen molar-refractivity contribution in [3.63, 3.8) is 0 Å². The summed E-state index contributed by atoms with van der Waals surface area (Å²) in [5, 5.41) is 11.0. The van der Waals surface area contributed by atoms with Crippen molar-refractivity contribution in [2.45, 2.75) is 44.7 Å². The van der Waals surface area contributed by atoms with Crippen molar-refractivity contribution in [3.05, 3.63) is 47.9 Å². The summed E-state index contributed by atoms with van der Waals surface area (Å²) in [6.07, 6.45) is 4.85. The van der Waals surface area contributed by atoms with E-state index in [1.165, 1.54) is 5.69 Å². The summed E-state index contributed by atoms with van der Waals surface area (Å²) in [5.74, 6) is 2.02. The highest BCUT2D eigenvalue weighted by Crippen LogP contribution is 2.27. The summed E-state index contributed by atoms with van der Waals surface area (Å²) in [6, 6.07) is 13.2. The van der Waals surface area contributed by atoms with E-state index in [1.54, 1.807) is 0 Å². The zero-order chi connectivity index (χ0) is 21.8. The van der Waals surface area contributed by atoms with Gasteiger partial charge in [-0.05, 0) is 62.7 Å². The monoisotopic (exact) mass is 437 g/mol. The van der Waals surface area contributed by atoms with Crippen molar-refractivity contribution >= 4 is 11.6 Å². The molecule has 1 amide bonds. The number of hydrogen-bond donors (Lipinski definition) is 2. The molecule has 172 valence electrons. The van der Waals surface area contributed by atoms with Gasteiger partial charge in [0.2, 0.25) is 5.91 Å². The molecule has 7 heteroatoms. The van der Waals surface area contributed by atoms with Gasteiger partial charge < -0.3 is 20.1 Å². The van der Waals surface area contributed by atoms with E-state index in [9.17, 15) is 4.79 Å². The number of para-hydroxylation sites is 1. The highest BCUT2D eigenvalue weighted by Gasteiger charge is 2.30. The van der Waals surface area contributed by atoms with Gasteiger partial charge in [0.25, 0.3) is 0 Å². The van der Waals surface area contributed by atoms with E-state index < -0.39 is 0 Å². The minimum absolute atomic E-state index is 0.222. The highest BCUT2D eigenvalue weighted by atomic mass is 16.5. The summed E-state index contributed by atoms with van der Waals surface area (Å²) in [4.78, 5) is 17.2. The van der Waals surface area contributed by atoms with E-state index in [0.717, 1.165) is 83.0 Å². The topological polar surface area (TPSA) is 73.6 Å². The van der Waals surface area contributed by atoms with Crippen molar-refractivity contribution in [2.75, 3.05) is 44.2 Å². The molecule has 0 bridgehead atoms. The molecule has 1 aliphatic carbocycles. The molecule has 5 rings (SSSR count). The van der Waals surface area contributed by atoms with Crippen molar-refractivity contribution in [1.29, 1.82) is 0 Å². The average molecular weight is 438 g/mol. The molecular formula is C25H35N5O2. The van der Waals surface area contributed by atoms with Gasteiger partial charge in [0.05, 0.1) is 12.2 Å². The molecule has 0 radical (unpaired) electrons. The molecule has 3 heterocycles. The molecule has 1 aromatic heterocycles. The Morgan fingerprint density at radius 1 is 1.09 bits per heavy atom. The minimum Gasteiger partial charge on any atom is -0.369 e. The number of rotatable bonds is 8. The number of nitrogens with one attached hydrogen (secondary N) is 2. The third kappa shape index (κ3) is 5.70. The van der Waals surface area contributed by atoms with Gasteiger partial charge in [-0.2, -0.15) is 0 Å². The van der Waals surface area contributed by atoms with E-state index in [4.69, 9.17) is 4.52 Å². The van der Waals surface area contributed by atoms with Gasteiger partial charge in [0.15, 0.2) is 5.76 Å². The molecule has 1 aromatic carbocycles. The third-order valence-corrected chi connectivity index (χ3v) is 7.11. The number of benzene rings is 1. The van der Waals surface area contributed by atoms with Crippen LogP contribution >= 0.6 is 0 Å². The van der Waals surface area contributed by atoms with Crippen LogP contribution in [-0.4, -0.2) is 61.3 Å². The van der Waals surface area contributed by atoms with Crippen LogP contribution < -0.4 is 15.5 Å². The van der Waals surface area contributed by atoms with E-state index in [1.807, 2.05) is 0 Å². The number of piperidine rings is 1. The molecule has 2 aliphatic heterocycles. The van der Waals surface area contributed by atoms with Crippen LogP contribution in [0.4, 0.5) is 5.69 Å². The van der Waals surface area contributed by atoms with E-state index in [0.29, 0.717) is 24.3 Å². The van der Waals surface area contributed by atoms with Crippen LogP contribution in [0.3, 0.4) is 0 Å². The Balaban J connectivity index is 1.10. The molecule has 0 spiro atoms. The number of aromatic nitrogens is 1. The molecule has 1 saturated carbocycles. The first kappa shape index (κ1) is 21.5. The molecule has 3 aliphatic rings. The fourth-order valence-corrected chi connectivity index (χ4v) is 5.06. The third-order valence-electron chi connectivity index (χ3n) is 7.11. The summed E-state index contributed by atoms with van der Waals surface area (Å²) >= 11 is 0. The fraction of sp³-hybridized carbons (Fsp3) is 0.600. The van der Waals surface area contributed by atoms with Gasteiger partial charge in [-0.25, -0.2) is 0 Å². The first-order chi connectivity index (χ1) is 15.7. The second-order valence-electron chi connectivity index (χ2n) is 9.65. The standard InChI is InChI=1S/C25H35N5O2/c31-25(27-21-6-7-21)15-19-8-9-26-17-20(19)14-22-16-24(32-28-22)18-29-10-12-30(13-11-29)23-4-2-1-3-5-23/h1-5,16,19-21,26H,6-15,17-18H2,(H,27,31)/t19-,20+/m0/s1. The maximum Gasteiger partial charge on any atom is 0.220 e. The largest absolute Gasteiger partial charge is 0.369 e. The van der Waals surface area contributed by atoms with Crippen LogP contribution in [0.15, 0.2) is 40.9 Å².